The molecule has 0 saturated heterocycles. The predicted octanol–water partition coefficient (Wildman–Crippen LogP) is 2.72. The zero-order chi connectivity index (χ0) is 14.5. The van der Waals surface area contributed by atoms with E-state index < -0.39 is 17.5 Å². The number of carbonyl (C=O) groups excluding carboxylic acids is 1. The molecule has 0 atom stereocenters. The Kier molecular flexibility index (Phi) is 4.42. The second-order valence-electron chi connectivity index (χ2n) is 4.25. The molecule has 2 aromatic rings. The van der Waals surface area contributed by atoms with Crippen LogP contribution in [0.15, 0.2) is 42.5 Å². The van der Waals surface area contributed by atoms with E-state index in [1.807, 2.05) is 0 Å². The van der Waals surface area contributed by atoms with Crippen molar-refractivity contribution in [2.75, 3.05) is 11.9 Å². The topological polar surface area (TPSA) is 55.1 Å². The number of benzene rings is 2. The summed E-state index contributed by atoms with van der Waals surface area (Å²) in [5, 5.41) is 2.37. The number of hydrogen-bond acceptors (Lipinski definition) is 2. The number of hydrogen-bond donors (Lipinski definition) is 2. The Hall–Kier alpha value is -2.27. The molecule has 0 saturated carbocycles. The van der Waals surface area contributed by atoms with Gasteiger partial charge in [-0.25, -0.2) is 8.78 Å². The van der Waals surface area contributed by atoms with Gasteiger partial charge in [0.05, 0.1) is 5.69 Å². The van der Waals surface area contributed by atoms with Crippen LogP contribution >= 0.6 is 0 Å². The average molecular weight is 276 g/mol. The maximum atomic E-state index is 13.5. The lowest BCUT2D eigenvalue weighted by Crippen LogP contribution is -2.17. The summed E-state index contributed by atoms with van der Waals surface area (Å²) >= 11 is 0. The second-order valence-corrected chi connectivity index (χ2v) is 4.25. The average Bonchev–Trinajstić information content (AvgIpc) is 2.45. The molecular weight excluding hydrogens is 262 g/mol. The summed E-state index contributed by atoms with van der Waals surface area (Å²) in [7, 11) is 0. The van der Waals surface area contributed by atoms with Gasteiger partial charge in [0.15, 0.2) is 11.6 Å². The third-order valence-corrected chi connectivity index (χ3v) is 2.88. The number of carbonyl (C=O) groups is 1. The zero-order valence-corrected chi connectivity index (χ0v) is 10.7. The van der Waals surface area contributed by atoms with Gasteiger partial charge in [0.2, 0.25) is 0 Å². The minimum atomic E-state index is -1.07. The van der Waals surface area contributed by atoms with Crippen molar-refractivity contribution in [1.82, 2.24) is 0 Å². The second kappa shape index (κ2) is 6.25. The van der Waals surface area contributed by atoms with Crippen LogP contribution in [0.1, 0.15) is 15.9 Å². The number of nitrogens with one attached hydrogen (secondary N) is 1. The maximum Gasteiger partial charge on any atom is 0.256 e. The van der Waals surface area contributed by atoms with E-state index in [9.17, 15) is 13.6 Å². The Balaban J connectivity index is 2.26. The Bertz CT molecular complexity index is 629. The molecular formula is C15H14F2N2O. The molecule has 0 aliphatic rings. The van der Waals surface area contributed by atoms with Crippen molar-refractivity contribution in [2.45, 2.75) is 6.42 Å². The molecule has 104 valence electrons. The lowest BCUT2D eigenvalue weighted by molar-refractivity contribution is 0.102. The molecule has 20 heavy (non-hydrogen) atoms. The molecule has 0 aliphatic carbocycles. The number of amides is 1. The molecule has 5 heteroatoms. The van der Waals surface area contributed by atoms with Gasteiger partial charge in [-0.1, -0.05) is 24.3 Å². The standard InChI is InChI=1S/C15H14F2N2O/c16-12-6-3-7-13(14(12)17)19-15(20)11-5-2-1-4-10(11)8-9-18/h1-7H,8-9,18H2,(H,19,20). The van der Waals surface area contributed by atoms with Crippen LogP contribution in [0.2, 0.25) is 0 Å². The number of anilines is 1. The molecule has 0 radical (unpaired) electrons. The molecule has 0 spiro atoms. The van der Waals surface area contributed by atoms with Crippen LogP contribution in [0, 0.1) is 11.6 Å². The van der Waals surface area contributed by atoms with Gasteiger partial charge < -0.3 is 11.1 Å². The Labute approximate surface area is 115 Å². The number of rotatable bonds is 4. The maximum absolute atomic E-state index is 13.5. The lowest BCUT2D eigenvalue weighted by Gasteiger charge is -2.10. The summed E-state index contributed by atoms with van der Waals surface area (Å²) < 4.78 is 26.6. The van der Waals surface area contributed by atoms with E-state index in [2.05, 4.69) is 5.32 Å². The summed E-state index contributed by atoms with van der Waals surface area (Å²) in [6.07, 6.45) is 0.537. The number of nitrogens with two attached hydrogens (primary N) is 1. The molecule has 0 bridgehead atoms. The summed E-state index contributed by atoms with van der Waals surface area (Å²) in [6.45, 7) is 0.401. The van der Waals surface area contributed by atoms with Crippen LogP contribution < -0.4 is 11.1 Å². The minimum Gasteiger partial charge on any atom is -0.330 e. The minimum absolute atomic E-state index is 0.183. The SMILES string of the molecule is NCCc1ccccc1C(=O)Nc1cccc(F)c1F. The highest BCUT2D eigenvalue weighted by atomic mass is 19.2. The van der Waals surface area contributed by atoms with Crippen molar-refractivity contribution in [1.29, 1.82) is 0 Å². The van der Waals surface area contributed by atoms with Crippen molar-refractivity contribution in [3.05, 3.63) is 65.2 Å². The van der Waals surface area contributed by atoms with Gasteiger partial charge in [0.1, 0.15) is 0 Å². The lowest BCUT2D eigenvalue weighted by atomic mass is 10.0. The van der Waals surface area contributed by atoms with Crippen molar-refractivity contribution in [2.24, 2.45) is 5.73 Å². The monoisotopic (exact) mass is 276 g/mol. The van der Waals surface area contributed by atoms with Gasteiger partial charge in [-0.05, 0) is 36.7 Å². The first-order valence-corrected chi connectivity index (χ1v) is 6.17. The van der Waals surface area contributed by atoms with Crippen molar-refractivity contribution >= 4 is 11.6 Å². The Morgan fingerprint density at radius 3 is 2.60 bits per heavy atom. The van der Waals surface area contributed by atoms with E-state index in [-0.39, 0.29) is 5.69 Å². The van der Waals surface area contributed by atoms with E-state index in [1.54, 1.807) is 24.3 Å². The van der Waals surface area contributed by atoms with Gasteiger partial charge >= 0.3 is 0 Å². The molecule has 0 heterocycles. The van der Waals surface area contributed by atoms with Gasteiger partial charge in [0, 0.05) is 5.56 Å². The fourth-order valence-electron chi connectivity index (χ4n) is 1.91. The highest BCUT2D eigenvalue weighted by molar-refractivity contribution is 6.05. The number of halogens is 2. The Morgan fingerprint density at radius 1 is 1.10 bits per heavy atom. The summed E-state index contributed by atoms with van der Waals surface area (Å²) in [5.41, 5.74) is 6.47. The largest absolute Gasteiger partial charge is 0.330 e. The predicted molar refractivity (Wildman–Crippen MR) is 73.5 cm³/mol. The smallest absolute Gasteiger partial charge is 0.256 e. The van der Waals surface area contributed by atoms with E-state index in [4.69, 9.17) is 5.73 Å². The van der Waals surface area contributed by atoms with Gasteiger partial charge in [-0.15, -0.1) is 0 Å². The highest BCUT2D eigenvalue weighted by Crippen LogP contribution is 2.18. The van der Waals surface area contributed by atoms with Gasteiger partial charge in [-0.2, -0.15) is 0 Å². The van der Waals surface area contributed by atoms with Crippen LogP contribution in [0.4, 0.5) is 14.5 Å². The molecule has 0 unspecified atom stereocenters. The van der Waals surface area contributed by atoms with E-state index >= 15 is 0 Å². The van der Waals surface area contributed by atoms with E-state index in [0.717, 1.165) is 11.6 Å². The van der Waals surface area contributed by atoms with Gasteiger partial charge in [-0.3, -0.25) is 4.79 Å². The van der Waals surface area contributed by atoms with Crippen molar-refractivity contribution in [3.8, 4) is 0 Å². The van der Waals surface area contributed by atoms with E-state index in [1.165, 1.54) is 12.1 Å². The first-order chi connectivity index (χ1) is 9.63. The molecule has 0 aliphatic heterocycles. The zero-order valence-electron chi connectivity index (χ0n) is 10.7. The third-order valence-electron chi connectivity index (χ3n) is 2.88. The summed E-state index contributed by atoms with van der Waals surface area (Å²) in [5.74, 6) is -2.56. The fraction of sp³-hybridized carbons (Fsp3) is 0.133. The normalized spacial score (nSPS) is 10.3. The molecule has 1 amide bonds. The third kappa shape index (κ3) is 3.00. The molecule has 0 aromatic heterocycles. The molecule has 0 fully saturated rings. The first-order valence-electron chi connectivity index (χ1n) is 6.17. The van der Waals surface area contributed by atoms with Crippen molar-refractivity contribution in [3.63, 3.8) is 0 Å². The molecule has 2 aromatic carbocycles. The van der Waals surface area contributed by atoms with Crippen LogP contribution in [-0.2, 0) is 6.42 Å². The molecule has 3 N–H and O–H groups in total. The van der Waals surface area contributed by atoms with Crippen LogP contribution in [-0.4, -0.2) is 12.5 Å². The van der Waals surface area contributed by atoms with Crippen molar-refractivity contribution < 1.29 is 13.6 Å². The quantitative estimate of drug-likeness (QED) is 0.902. The van der Waals surface area contributed by atoms with Crippen LogP contribution in [0.5, 0.6) is 0 Å². The summed E-state index contributed by atoms with van der Waals surface area (Å²) in [6, 6.07) is 10.5. The van der Waals surface area contributed by atoms with Crippen LogP contribution in [0.3, 0.4) is 0 Å². The van der Waals surface area contributed by atoms with Gasteiger partial charge in [0.25, 0.3) is 5.91 Å². The summed E-state index contributed by atoms with van der Waals surface area (Å²) in [4.78, 5) is 12.1. The van der Waals surface area contributed by atoms with E-state index in [0.29, 0.717) is 18.5 Å². The molecule has 2 rings (SSSR count). The molecule has 3 nitrogen and oxygen atoms in total. The highest BCUT2D eigenvalue weighted by Gasteiger charge is 2.14. The van der Waals surface area contributed by atoms with Crippen LogP contribution in [0.25, 0.3) is 0 Å². The Morgan fingerprint density at radius 2 is 1.85 bits per heavy atom. The first kappa shape index (κ1) is 14.1. The fourth-order valence-corrected chi connectivity index (χ4v) is 1.91.